The first kappa shape index (κ1) is 30.2. The summed E-state index contributed by atoms with van der Waals surface area (Å²) in [6, 6.07) is 24.3. The highest BCUT2D eigenvalue weighted by molar-refractivity contribution is 5.91. The molecule has 0 spiro atoms. The third-order valence-corrected chi connectivity index (χ3v) is 6.28. The molecule has 1 aliphatic rings. The second kappa shape index (κ2) is 15.3. The Bertz CT molecular complexity index is 1370. The van der Waals surface area contributed by atoms with Gasteiger partial charge in [-0.3, -0.25) is 0 Å². The summed E-state index contributed by atoms with van der Waals surface area (Å²) in [6.45, 7) is -0.510. The highest BCUT2D eigenvalue weighted by atomic mass is 16.7. The average molecular weight is 576 g/mol. The van der Waals surface area contributed by atoms with Gasteiger partial charge in [0.05, 0.1) is 29.9 Å². The molecule has 42 heavy (non-hydrogen) atoms. The van der Waals surface area contributed by atoms with Crippen LogP contribution in [0.5, 0.6) is 0 Å². The van der Waals surface area contributed by atoms with Crippen LogP contribution in [0.3, 0.4) is 0 Å². The van der Waals surface area contributed by atoms with E-state index in [1.165, 1.54) is 36.4 Å². The summed E-state index contributed by atoms with van der Waals surface area (Å²) < 4.78 is 29.2. The molecule has 0 bridgehead atoms. The van der Waals surface area contributed by atoms with Gasteiger partial charge < -0.3 is 28.8 Å². The standard InChI is InChI=1S/C30H29N3O9/c31-33-32-17-10-18-38-30-26(42-29(37)22-15-8-3-9-16-22)25(41-28(36)21-13-6-2-7-14-21)24(23(19-34)39-30)40-27(35)20-11-4-1-5-12-20/h1-9,11-16,23-26,30,34H,10,17-19H2/t23-,24-,25+,26+,30+/m1/s1. The lowest BCUT2D eigenvalue weighted by molar-refractivity contribution is -0.298. The highest BCUT2D eigenvalue weighted by Gasteiger charge is 2.53. The monoisotopic (exact) mass is 575 g/mol. The van der Waals surface area contributed by atoms with E-state index in [2.05, 4.69) is 10.0 Å². The zero-order valence-corrected chi connectivity index (χ0v) is 22.4. The quantitative estimate of drug-likeness (QED) is 0.0835. The minimum atomic E-state index is -1.45. The summed E-state index contributed by atoms with van der Waals surface area (Å²) in [5.41, 5.74) is 9.15. The number of hydrogen-bond acceptors (Lipinski definition) is 10. The molecule has 1 aliphatic heterocycles. The Morgan fingerprint density at radius 1 is 0.738 bits per heavy atom. The van der Waals surface area contributed by atoms with Crippen LogP contribution in [0.1, 0.15) is 37.5 Å². The molecular weight excluding hydrogens is 546 g/mol. The zero-order valence-electron chi connectivity index (χ0n) is 22.4. The van der Waals surface area contributed by atoms with Crippen LogP contribution in [0, 0.1) is 0 Å². The van der Waals surface area contributed by atoms with Crippen molar-refractivity contribution in [1.29, 1.82) is 0 Å². The van der Waals surface area contributed by atoms with Crippen LogP contribution < -0.4 is 0 Å². The van der Waals surface area contributed by atoms with E-state index < -0.39 is 55.2 Å². The number of aliphatic hydroxyl groups is 1. The van der Waals surface area contributed by atoms with E-state index in [9.17, 15) is 19.5 Å². The predicted molar refractivity (Wildman–Crippen MR) is 147 cm³/mol. The smallest absolute Gasteiger partial charge is 0.338 e. The summed E-state index contributed by atoms with van der Waals surface area (Å²) in [5, 5.41) is 13.7. The van der Waals surface area contributed by atoms with E-state index in [0.29, 0.717) is 6.42 Å². The molecule has 0 aliphatic carbocycles. The zero-order chi connectivity index (χ0) is 29.7. The van der Waals surface area contributed by atoms with Gasteiger partial charge in [-0.25, -0.2) is 14.4 Å². The predicted octanol–water partition coefficient (Wildman–Crippen LogP) is 4.10. The Kier molecular flexibility index (Phi) is 11.0. The van der Waals surface area contributed by atoms with Gasteiger partial charge in [-0.1, -0.05) is 59.7 Å². The molecule has 4 rings (SSSR count). The van der Waals surface area contributed by atoms with Gasteiger partial charge in [-0.05, 0) is 48.4 Å². The number of benzene rings is 3. The summed E-state index contributed by atoms with van der Waals surface area (Å²) >= 11 is 0. The molecular formula is C30H29N3O9. The summed E-state index contributed by atoms with van der Waals surface area (Å²) in [4.78, 5) is 42.2. The van der Waals surface area contributed by atoms with Crippen molar-refractivity contribution in [3.05, 3.63) is 118 Å². The molecule has 0 radical (unpaired) electrons. The number of hydrogen-bond donors (Lipinski definition) is 1. The Morgan fingerprint density at radius 3 is 1.64 bits per heavy atom. The lowest BCUT2D eigenvalue weighted by Crippen LogP contribution is -2.63. The van der Waals surface area contributed by atoms with Crippen molar-refractivity contribution in [2.75, 3.05) is 19.8 Å². The Labute approximate surface area is 241 Å². The highest BCUT2D eigenvalue weighted by Crippen LogP contribution is 2.31. The van der Waals surface area contributed by atoms with E-state index >= 15 is 0 Å². The van der Waals surface area contributed by atoms with E-state index in [1.54, 1.807) is 54.6 Å². The second-order valence-corrected chi connectivity index (χ2v) is 9.11. The number of azide groups is 1. The third-order valence-electron chi connectivity index (χ3n) is 6.28. The number of carbonyl (C=O) groups is 3. The molecule has 1 fully saturated rings. The van der Waals surface area contributed by atoms with Gasteiger partial charge in [-0.2, -0.15) is 0 Å². The second-order valence-electron chi connectivity index (χ2n) is 9.11. The normalized spacial score (nSPS) is 21.4. The van der Waals surface area contributed by atoms with Crippen molar-refractivity contribution >= 4 is 17.9 Å². The van der Waals surface area contributed by atoms with Gasteiger partial charge in [-0.15, -0.1) is 0 Å². The van der Waals surface area contributed by atoms with E-state index in [4.69, 9.17) is 29.2 Å². The average Bonchev–Trinajstić information content (AvgIpc) is 3.04. The maximum atomic E-state index is 13.3. The molecule has 218 valence electrons. The summed E-state index contributed by atoms with van der Waals surface area (Å²) in [5.74, 6) is -2.34. The third kappa shape index (κ3) is 7.93. The molecule has 3 aromatic rings. The molecule has 12 heteroatoms. The fourth-order valence-electron chi connectivity index (χ4n) is 4.24. The molecule has 0 saturated carbocycles. The van der Waals surface area contributed by atoms with Crippen molar-refractivity contribution in [2.24, 2.45) is 5.11 Å². The van der Waals surface area contributed by atoms with Crippen LogP contribution in [0.25, 0.3) is 10.4 Å². The fourth-order valence-corrected chi connectivity index (χ4v) is 4.24. The molecule has 1 saturated heterocycles. The minimum Gasteiger partial charge on any atom is -0.452 e. The lowest BCUT2D eigenvalue weighted by Gasteiger charge is -2.44. The first-order chi connectivity index (χ1) is 20.5. The molecule has 3 aromatic carbocycles. The number of carbonyl (C=O) groups excluding carboxylic acids is 3. The van der Waals surface area contributed by atoms with Crippen LogP contribution in [-0.4, -0.2) is 73.5 Å². The van der Waals surface area contributed by atoms with Crippen LogP contribution in [0.2, 0.25) is 0 Å². The van der Waals surface area contributed by atoms with Crippen molar-refractivity contribution in [2.45, 2.75) is 37.1 Å². The lowest BCUT2D eigenvalue weighted by atomic mass is 9.97. The largest absolute Gasteiger partial charge is 0.452 e. The van der Waals surface area contributed by atoms with Gasteiger partial charge in [0.15, 0.2) is 24.6 Å². The van der Waals surface area contributed by atoms with Gasteiger partial charge in [0.25, 0.3) is 0 Å². The number of rotatable bonds is 12. The van der Waals surface area contributed by atoms with Gasteiger partial charge >= 0.3 is 17.9 Å². The molecule has 1 N–H and O–H groups in total. The Balaban J connectivity index is 1.69. The van der Waals surface area contributed by atoms with Gasteiger partial charge in [0.1, 0.15) is 6.10 Å². The number of esters is 3. The summed E-state index contributed by atoms with van der Waals surface area (Å²) in [7, 11) is 0. The maximum Gasteiger partial charge on any atom is 0.338 e. The Hall–Kier alpha value is -4.74. The minimum absolute atomic E-state index is 0.00897. The van der Waals surface area contributed by atoms with Gasteiger partial charge in [0.2, 0.25) is 0 Å². The molecule has 0 aromatic heterocycles. The molecule has 12 nitrogen and oxygen atoms in total. The van der Waals surface area contributed by atoms with Crippen molar-refractivity contribution < 1.29 is 43.2 Å². The van der Waals surface area contributed by atoms with E-state index in [-0.39, 0.29) is 29.8 Å². The number of aliphatic hydroxyl groups excluding tert-OH is 1. The van der Waals surface area contributed by atoms with Crippen LogP contribution in [-0.2, 0) is 23.7 Å². The number of nitrogens with zero attached hydrogens (tertiary/aromatic N) is 3. The fraction of sp³-hybridized carbons (Fsp3) is 0.300. The van der Waals surface area contributed by atoms with Gasteiger partial charge in [0, 0.05) is 11.5 Å². The van der Waals surface area contributed by atoms with Crippen molar-refractivity contribution in [3.8, 4) is 0 Å². The topological polar surface area (TPSA) is 166 Å². The van der Waals surface area contributed by atoms with Crippen LogP contribution >= 0.6 is 0 Å². The molecule has 5 atom stereocenters. The molecule has 0 amide bonds. The van der Waals surface area contributed by atoms with Crippen molar-refractivity contribution in [1.82, 2.24) is 0 Å². The molecule has 0 unspecified atom stereocenters. The maximum absolute atomic E-state index is 13.3. The SMILES string of the molecule is [N-]=[N+]=NCCCO[C@H]1O[C@H](CO)[C@@H](OC(=O)c2ccccc2)[C@H](OC(=O)c2ccccc2)[C@@H]1OC(=O)c1ccccc1. The first-order valence-electron chi connectivity index (χ1n) is 13.2. The summed E-state index contributed by atoms with van der Waals surface area (Å²) in [6.07, 6.45) is -6.55. The number of ether oxygens (including phenoxy) is 5. The first-order valence-corrected chi connectivity index (χ1v) is 13.2. The Morgan fingerprint density at radius 2 is 1.19 bits per heavy atom. The van der Waals surface area contributed by atoms with Crippen LogP contribution in [0.15, 0.2) is 96.1 Å². The molecule has 1 heterocycles. The van der Waals surface area contributed by atoms with Crippen molar-refractivity contribution in [3.63, 3.8) is 0 Å². The van der Waals surface area contributed by atoms with Crippen LogP contribution in [0.4, 0.5) is 0 Å². The van der Waals surface area contributed by atoms with E-state index in [0.717, 1.165) is 0 Å². The van der Waals surface area contributed by atoms with E-state index in [1.807, 2.05) is 0 Å².